The molecule has 19 heavy (non-hydrogen) atoms. The second kappa shape index (κ2) is 9.39. The number of hydrogen-bond donors (Lipinski definition) is 2. The van der Waals surface area contributed by atoms with Gasteiger partial charge in [-0.05, 0) is 30.9 Å². The minimum absolute atomic E-state index is 0.0297. The van der Waals surface area contributed by atoms with E-state index < -0.39 is 0 Å². The standard InChI is InChI=1S/C15H23NO3/c1-2-6-13(9-10-17)11-16-15(18)12-19-14-7-4-3-5-8-14/h3-5,7-8,13,17H,2,6,9-12H2,1H3,(H,16,18). The zero-order valence-corrected chi connectivity index (χ0v) is 11.5. The van der Waals surface area contributed by atoms with Crippen LogP contribution in [0.5, 0.6) is 5.75 Å². The Kier molecular flexibility index (Phi) is 7.66. The molecule has 0 aliphatic carbocycles. The summed E-state index contributed by atoms with van der Waals surface area (Å²) >= 11 is 0. The van der Waals surface area contributed by atoms with E-state index >= 15 is 0 Å². The number of hydrogen-bond acceptors (Lipinski definition) is 3. The molecule has 1 rings (SSSR count). The topological polar surface area (TPSA) is 58.6 Å². The van der Waals surface area contributed by atoms with Crippen LogP contribution in [-0.2, 0) is 4.79 Å². The first-order valence-electron chi connectivity index (χ1n) is 6.81. The quantitative estimate of drug-likeness (QED) is 0.718. The Morgan fingerprint density at radius 2 is 2.05 bits per heavy atom. The van der Waals surface area contributed by atoms with Gasteiger partial charge in [-0.25, -0.2) is 0 Å². The zero-order chi connectivity index (χ0) is 13.9. The van der Waals surface area contributed by atoms with Crippen molar-refractivity contribution in [2.75, 3.05) is 19.8 Å². The lowest BCUT2D eigenvalue weighted by Crippen LogP contribution is -2.33. The van der Waals surface area contributed by atoms with Crippen LogP contribution in [0, 0.1) is 5.92 Å². The van der Waals surface area contributed by atoms with Crippen molar-refractivity contribution in [1.29, 1.82) is 0 Å². The highest BCUT2D eigenvalue weighted by Crippen LogP contribution is 2.10. The van der Waals surface area contributed by atoms with Gasteiger partial charge in [0.1, 0.15) is 5.75 Å². The molecule has 4 nitrogen and oxygen atoms in total. The molecule has 0 spiro atoms. The van der Waals surface area contributed by atoms with Crippen molar-refractivity contribution in [3.63, 3.8) is 0 Å². The summed E-state index contributed by atoms with van der Waals surface area (Å²) in [6.45, 7) is 2.90. The molecule has 1 aromatic rings. The lowest BCUT2D eigenvalue weighted by atomic mass is 10.0. The van der Waals surface area contributed by atoms with Crippen molar-refractivity contribution in [2.45, 2.75) is 26.2 Å². The van der Waals surface area contributed by atoms with Crippen LogP contribution in [0.4, 0.5) is 0 Å². The number of benzene rings is 1. The Labute approximate surface area is 114 Å². The maximum atomic E-state index is 11.6. The summed E-state index contributed by atoms with van der Waals surface area (Å²) in [6.07, 6.45) is 2.80. The molecule has 0 heterocycles. The molecule has 1 atom stereocenters. The highest BCUT2D eigenvalue weighted by Gasteiger charge is 2.09. The number of aliphatic hydroxyl groups excluding tert-OH is 1. The van der Waals surface area contributed by atoms with E-state index in [0.717, 1.165) is 19.3 Å². The molecule has 0 fully saturated rings. The fourth-order valence-corrected chi connectivity index (χ4v) is 1.91. The maximum absolute atomic E-state index is 11.6. The monoisotopic (exact) mass is 265 g/mol. The van der Waals surface area contributed by atoms with Crippen LogP contribution in [0.1, 0.15) is 26.2 Å². The molecular weight excluding hydrogens is 242 g/mol. The minimum Gasteiger partial charge on any atom is -0.484 e. The van der Waals surface area contributed by atoms with Crippen molar-refractivity contribution < 1.29 is 14.6 Å². The Hall–Kier alpha value is -1.55. The molecule has 0 saturated heterocycles. The van der Waals surface area contributed by atoms with Crippen LogP contribution in [-0.4, -0.2) is 30.8 Å². The first-order chi connectivity index (χ1) is 9.26. The van der Waals surface area contributed by atoms with Gasteiger partial charge in [0, 0.05) is 13.2 Å². The normalized spacial score (nSPS) is 11.9. The Balaban J connectivity index is 2.23. The van der Waals surface area contributed by atoms with Crippen molar-refractivity contribution in [3.05, 3.63) is 30.3 Å². The molecule has 1 amide bonds. The summed E-state index contributed by atoms with van der Waals surface area (Å²) in [4.78, 5) is 11.6. The van der Waals surface area contributed by atoms with Crippen LogP contribution in [0.2, 0.25) is 0 Å². The van der Waals surface area contributed by atoms with E-state index in [1.165, 1.54) is 0 Å². The number of aliphatic hydroxyl groups is 1. The number of amides is 1. The number of ether oxygens (including phenoxy) is 1. The largest absolute Gasteiger partial charge is 0.484 e. The minimum atomic E-state index is -0.122. The van der Waals surface area contributed by atoms with E-state index in [1.807, 2.05) is 30.3 Å². The second-order valence-electron chi connectivity index (χ2n) is 4.57. The molecule has 1 aromatic carbocycles. The van der Waals surface area contributed by atoms with Gasteiger partial charge in [0.15, 0.2) is 6.61 Å². The van der Waals surface area contributed by atoms with E-state index in [2.05, 4.69) is 12.2 Å². The molecule has 0 radical (unpaired) electrons. The van der Waals surface area contributed by atoms with Crippen molar-refractivity contribution >= 4 is 5.91 Å². The fourth-order valence-electron chi connectivity index (χ4n) is 1.91. The van der Waals surface area contributed by atoms with E-state index in [9.17, 15) is 4.79 Å². The highest BCUT2D eigenvalue weighted by molar-refractivity contribution is 5.77. The van der Waals surface area contributed by atoms with Gasteiger partial charge in [0.25, 0.3) is 5.91 Å². The van der Waals surface area contributed by atoms with E-state index in [-0.39, 0.29) is 19.1 Å². The third-order valence-corrected chi connectivity index (χ3v) is 2.94. The number of carbonyl (C=O) groups excluding carboxylic acids is 1. The first kappa shape index (κ1) is 15.5. The van der Waals surface area contributed by atoms with Gasteiger partial charge in [-0.3, -0.25) is 4.79 Å². The lowest BCUT2D eigenvalue weighted by Gasteiger charge is -2.15. The summed E-state index contributed by atoms with van der Waals surface area (Å²) in [5, 5.41) is 11.8. The Morgan fingerprint density at radius 1 is 1.32 bits per heavy atom. The van der Waals surface area contributed by atoms with E-state index in [0.29, 0.717) is 18.2 Å². The van der Waals surface area contributed by atoms with Gasteiger partial charge in [-0.1, -0.05) is 31.5 Å². The van der Waals surface area contributed by atoms with Gasteiger partial charge in [0.05, 0.1) is 0 Å². The highest BCUT2D eigenvalue weighted by atomic mass is 16.5. The molecule has 0 bridgehead atoms. The molecule has 4 heteroatoms. The Bertz CT molecular complexity index is 348. The van der Waals surface area contributed by atoms with Gasteiger partial charge in [-0.2, -0.15) is 0 Å². The molecular formula is C15H23NO3. The number of nitrogens with one attached hydrogen (secondary N) is 1. The third-order valence-electron chi connectivity index (χ3n) is 2.94. The summed E-state index contributed by atoms with van der Waals surface area (Å²) in [6, 6.07) is 9.27. The summed E-state index contributed by atoms with van der Waals surface area (Å²) in [5.74, 6) is 0.914. The first-order valence-corrected chi connectivity index (χ1v) is 6.81. The SMILES string of the molecule is CCCC(CCO)CNC(=O)COc1ccccc1. The molecule has 0 aromatic heterocycles. The van der Waals surface area contributed by atoms with Crippen LogP contribution in [0.25, 0.3) is 0 Å². The summed E-state index contributed by atoms with van der Waals surface area (Å²) < 4.78 is 5.36. The van der Waals surface area contributed by atoms with Gasteiger partial charge in [-0.15, -0.1) is 0 Å². The number of para-hydroxylation sites is 1. The van der Waals surface area contributed by atoms with Gasteiger partial charge >= 0.3 is 0 Å². The third kappa shape index (κ3) is 6.82. The number of carbonyl (C=O) groups is 1. The second-order valence-corrected chi connectivity index (χ2v) is 4.57. The van der Waals surface area contributed by atoms with E-state index in [1.54, 1.807) is 0 Å². The van der Waals surface area contributed by atoms with Crippen molar-refractivity contribution in [3.8, 4) is 5.75 Å². The smallest absolute Gasteiger partial charge is 0.257 e. The predicted octanol–water partition coefficient (Wildman–Crippen LogP) is 1.98. The van der Waals surface area contributed by atoms with Crippen LogP contribution >= 0.6 is 0 Å². The van der Waals surface area contributed by atoms with Crippen LogP contribution in [0.3, 0.4) is 0 Å². The average Bonchev–Trinajstić information content (AvgIpc) is 2.44. The molecule has 2 N–H and O–H groups in total. The number of rotatable bonds is 9. The van der Waals surface area contributed by atoms with Crippen LogP contribution < -0.4 is 10.1 Å². The molecule has 1 unspecified atom stereocenters. The maximum Gasteiger partial charge on any atom is 0.257 e. The summed E-state index contributed by atoms with van der Waals surface area (Å²) in [7, 11) is 0. The summed E-state index contributed by atoms with van der Waals surface area (Å²) in [5.41, 5.74) is 0. The molecule has 0 aliphatic rings. The van der Waals surface area contributed by atoms with Crippen LogP contribution in [0.15, 0.2) is 30.3 Å². The zero-order valence-electron chi connectivity index (χ0n) is 11.5. The average molecular weight is 265 g/mol. The van der Waals surface area contributed by atoms with Gasteiger partial charge in [0.2, 0.25) is 0 Å². The van der Waals surface area contributed by atoms with E-state index in [4.69, 9.17) is 9.84 Å². The lowest BCUT2D eigenvalue weighted by molar-refractivity contribution is -0.123. The van der Waals surface area contributed by atoms with Crippen molar-refractivity contribution in [1.82, 2.24) is 5.32 Å². The van der Waals surface area contributed by atoms with Gasteiger partial charge < -0.3 is 15.2 Å². The Morgan fingerprint density at radius 3 is 2.68 bits per heavy atom. The van der Waals surface area contributed by atoms with Crippen molar-refractivity contribution in [2.24, 2.45) is 5.92 Å². The fraction of sp³-hybridized carbons (Fsp3) is 0.533. The molecule has 106 valence electrons. The predicted molar refractivity (Wildman–Crippen MR) is 75.0 cm³/mol. The molecule has 0 saturated carbocycles. The molecule has 0 aliphatic heterocycles.